The Balaban J connectivity index is 2.66. The molecule has 0 unspecified atom stereocenters. The molecule has 1 aliphatic rings. The van der Waals surface area contributed by atoms with Crippen LogP contribution in [0.5, 0.6) is 0 Å². The Morgan fingerprint density at radius 1 is 1.38 bits per heavy atom. The van der Waals surface area contributed by atoms with Crippen LogP contribution in [-0.4, -0.2) is 18.4 Å². The number of rotatable bonds is 2. The van der Waals surface area contributed by atoms with Crippen LogP contribution in [0.2, 0.25) is 0 Å². The van der Waals surface area contributed by atoms with Gasteiger partial charge >= 0.3 is 12.1 Å². The van der Waals surface area contributed by atoms with E-state index in [1.807, 2.05) is 0 Å². The van der Waals surface area contributed by atoms with E-state index in [1.165, 1.54) is 13.0 Å². The van der Waals surface area contributed by atoms with E-state index in [9.17, 15) is 22.8 Å². The Morgan fingerprint density at radius 2 is 2.05 bits per heavy atom. The van der Waals surface area contributed by atoms with Crippen LogP contribution in [0, 0.1) is 0 Å². The lowest BCUT2D eigenvalue weighted by molar-refractivity contribution is -0.138. The standard InChI is InChI=1S/C14H13F3O4/c1-3-7-5-6-8-9(11(7)18)10(14(15,16)17)12(21-8)13(19)20-4-2/h3H,4-6H2,1-2H3. The fourth-order valence-electron chi connectivity index (χ4n) is 2.30. The van der Waals surface area contributed by atoms with E-state index >= 15 is 0 Å². The largest absolute Gasteiger partial charge is 0.460 e. The molecule has 0 spiro atoms. The summed E-state index contributed by atoms with van der Waals surface area (Å²) in [5.74, 6) is -3.01. The van der Waals surface area contributed by atoms with E-state index in [-0.39, 0.29) is 30.8 Å². The summed E-state index contributed by atoms with van der Waals surface area (Å²) in [7, 11) is 0. The lowest BCUT2D eigenvalue weighted by Gasteiger charge is -2.14. The van der Waals surface area contributed by atoms with Gasteiger partial charge in [0.25, 0.3) is 0 Å². The number of carbonyl (C=O) groups is 2. The summed E-state index contributed by atoms with van der Waals surface area (Å²) in [6, 6.07) is 0. The van der Waals surface area contributed by atoms with Gasteiger partial charge in [0.1, 0.15) is 11.3 Å². The topological polar surface area (TPSA) is 56.5 Å². The van der Waals surface area contributed by atoms with Crippen molar-refractivity contribution in [3.05, 3.63) is 34.3 Å². The zero-order valence-corrected chi connectivity index (χ0v) is 11.5. The predicted molar refractivity (Wildman–Crippen MR) is 66.1 cm³/mol. The summed E-state index contributed by atoms with van der Waals surface area (Å²) >= 11 is 0. The Labute approximate surface area is 118 Å². The van der Waals surface area contributed by atoms with Crippen LogP contribution in [0.4, 0.5) is 13.2 Å². The predicted octanol–water partition coefficient (Wildman–Crippen LogP) is 3.55. The Kier molecular flexibility index (Phi) is 3.93. The van der Waals surface area contributed by atoms with Gasteiger partial charge in [-0.3, -0.25) is 4.79 Å². The molecular weight excluding hydrogens is 289 g/mol. The lowest BCUT2D eigenvalue weighted by Crippen LogP contribution is -2.20. The molecule has 2 rings (SSSR count). The van der Waals surface area contributed by atoms with Crippen LogP contribution in [0.25, 0.3) is 0 Å². The molecular formula is C14H13F3O4. The molecule has 7 heteroatoms. The molecule has 1 aromatic rings. The number of ketones is 1. The van der Waals surface area contributed by atoms with E-state index < -0.39 is 34.8 Å². The summed E-state index contributed by atoms with van der Waals surface area (Å²) in [6.45, 7) is 2.96. The van der Waals surface area contributed by atoms with Crippen molar-refractivity contribution < 1.29 is 31.9 Å². The van der Waals surface area contributed by atoms with Gasteiger partial charge in [-0.25, -0.2) is 4.79 Å². The molecule has 114 valence electrons. The minimum absolute atomic E-state index is 0.0877. The van der Waals surface area contributed by atoms with Crippen molar-refractivity contribution in [1.29, 1.82) is 0 Å². The third-order valence-corrected chi connectivity index (χ3v) is 3.21. The highest BCUT2D eigenvalue weighted by atomic mass is 19.4. The molecule has 1 aliphatic carbocycles. The highest BCUT2D eigenvalue weighted by molar-refractivity contribution is 6.12. The molecule has 1 heterocycles. The van der Waals surface area contributed by atoms with Crippen LogP contribution in [0.15, 0.2) is 16.1 Å². The number of halogens is 3. The maximum atomic E-state index is 13.2. The third-order valence-electron chi connectivity index (χ3n) is 3.21. The molecule has 0 atom stereocenters. The fourth-order valence-corrected chi connectivity index (χ4v) is 2.30. The van der Waals surface area contributed by atoms with Crippen molar-refractivity contribution in [1.82, 2.24) is 0 Å². The van der Waals surface area contributed by atoms with Gasteiger partial charge in [-0.2, -0.15) is 13.2 Å². The minimum Gasteiger partial charge on any atom is -0.460 e. The Hall–Kier alpha value is -2.05. The molecule has 0 radical (unpaired) electrons. The summed E-state index contributed by atoms with van der Waals surface area (Å²) in [6.07, 6.45) is -2.97. The molecule has 1 aromatic heterocycles. The van der Waals surface area contributed by atoms with Crippen molar-refractivity contribution in [2.45, 2.75) is 32.9 Å². The van der Waals surface area contributed by atoms with Crippen LogP contribution < -0.4 is 0 Å². The zero-order chi connectivity index (χ0) is 15.8. The van der Waals surface area contributed by atoms with Gasteiger partial charge in [0.05, 0.1) is 12.2 Å². The van der Waals surface area contributed by atoms with Crippen LogP contribution in [0.1, 0.15) is 52.5 Å². The minimum atomic E-state index is -4.87. The second-order valence-corrected chi connectivity index (χ2v) is 4.47. The molecule has 0 aromatic carbocycles. The van der Waals surface area contributed by atoms with E-state index in [2.05, 4.69) is 4.74 Å². The van der Waals surface area contributed by atoms with Crippen molar-refractivity contribution >= 4 is 11.8 Å². The first-order valence-electron chi connectivity index (χ1n) is 6.41. The summed E-state index contributed by atoms with van der Waals surface area (Å²) in [5.41, 5.74) is -1.62. The average molecular weight is 302 g/mol. The number of esters is 1. The number of carbonyl (C=O) groups excluding carboxylic acids is 2. The second kappa shape index (κ2) is 5.38. The first kappa shape index (κ1) is 15.3. The van der Waals surface area contributed by atoms with Gasteiger partial charge in [0.2, 0.25) is 5.76 Å². The molecule has 0 amide bonds. The first-order valence-corrected chi connectivity index (χ1v) is 6.41. The van der Waals surface area contributed by atoms with E-state index in [4.69, 9.17) is 4.42 Å². The van der Waals surface area contributed by atoms with Crippen LogP contribution in [0.3, 0.4) is 0 Å². The quantitative estimate of drug-likeness (QED) is 0.619. The maximum Gasteiger partial charge on any atom is 0.421 e. The van der Waals surface area contributed by atoms with E-state index in [1.54, 1.807) is 6.92 Å². The van der Waals surface area contributed by atoms with Gasteiger partial charge in [-0.1, -0.05) is 6.08 Å². The highest BCUT2D eigenvalue weighted by Gasteiger charge is 2.46. The summed E-state index contributed by atoms with van der Waals surface area (Å²) in [5, 5.41) is 0. The van der Waals surface area contributed by atoms with Gasteiger partial charge in [0.15, 0.2) is 5.78 Å². The number of furan rings is 1. The fraction of sp³-hybridized carbons (Fsp3) is 0.429. The Bertz CT molecular complexity index is 623. The van der Waals surface area contributed by atoms with Gasteiger partial charge in [-0.15, -0.1) is 0 Å². The molecule has 0 saturated carbocycles. The van der Waals surface area contributed by atoms with Crippen molar-refractivity contribution in [3.63, 3.8) is 0 Å². The molecule has 21 heavy (non-hydrogen) atoms. The molecule has 0 aliphatic heterocycles. The van der Waals surface area contributed by atoms with Gasteiger partial charge < -0.3 is 9.15 Å². The number of fused-ring (bicyclic) bond motifs is 1. The van der Waals surface area contributed by atoms with Gasteiger partial charge in [0, 0.05) is 6.42 Å². The van der Waals surface area contributed by atoms with E-state index in [0.717, 1.165) is 0 Å². The third kappa shape index (κ3) is 2.59. The number of hydrogen-bond donors (Lipinski definition) is 0. The number of allylic oxidation sites excluding steroid dienone is 2. The number of Topliss-reactive ketones (excluding diaryl/α,β-unsaturated/α-hetero) is 1. The van der Waals surface area contributed by atoms with Crippen molar-refractivity contribution in [2.75, 3.05) is 6.61 Å². The monoisotopic (exact) mass is 302 g/mol. The second-order valence-electron chi connectivity index (χ2n) is 4.47. The Morgan fingerprint density at radius 3 is 2.57 bits per heavy atom. The summed E-state index contributed by atoms with van der Waals surface area (Å²) in [4.78, 5) is 23.8. The van der Waals surface area contributed by atoms with Crippen molar-refractivity contribution in [2.24, 2.45) is 0 Å². The highest BCUT2D eigenvalue weighted by Crippen LogP contribution is 2.41. The van der Waals surface area contributed by atoms with Gasteiger partial charge in [-0.05, 0) is 25.8 Å². The maximum absolute atomic E-state index is 13.2. The number of aryl methyl sites for hydroxylation is 1. The SMILES string of the molecule is CC=C1CCc2oc(C(=O)OCC)c(C(F)(F)F)c2C1=O. The first-order chi connectivity index (χ1) is 9.81. The molecule has 0 fully saturated rings. The summed E-state index contributed by atoms with van der Waals surface area (Å²) < 4.78 is 49.3. The van der Waals surface area contributed by atoms with E-state index in [0.29, 0.717) is 0 Å². The molecule has 0 N–H and O–H groups in total. The lowest BCUT2D eigenvalue weighted by atomic mass is 9.89. The number of ether oxygens (including phenoxy) is 1. The van der Waals surface area contributed by atoms with Crippen LogP contribution in [-0.2, 0) is 17.3 Å². The number of alkyl halides is 3. The zero-order valence-electron chi connectivity index (χ0n) is 11.5. The normalized spacial score (nSPS) is 17.0. The average Bonchev–Trinajstić information content (AvgIpc) is 2.80. The van der Waals surface area contributed by atoms with Crippen LogP contribution >= 0.6 is 0 Å². The van der Waals surface area contributed by atoms with Crippen molar-refractivity contribution in [3.8, 4) is 0 Å². The number of hydrogen-bond acceptors (Lipinski definition) is 4. The molecule has 0 saturated heterocycles. The smallest absolute Gasteiger partial charge is 0.421 e. The molecule has 0 bridgehead atoms. The molecule has 4 nitrogen and oxygen atoms in total.